The third-order valence-electron chi connectivity index (χ3n) is 4.42. The molecule has 1 atom stereocenters. The maximum Gasteiger partial charge on any atom is 0.242 e. The second-order valence-electron chi connectivity index (χ2n) is 7.23. The van der Waals surface area contributed by atoms with Crippen molar-refractivity contribution < 1.29 is 18.7 Å². The Morgan fingerprint density at radius 2 is 2.07 bits per heavy atom. The van der Waals surface area contributed by atoms with Crippen molar-refractivity contribution in [1.29, 1.82) is 0 Å². The van der Waals surface area contributed by atoms with Gasteiger partial charge in [0, 0.05) is 37.4 Å². The fraction of sp³-hybridized carbons (Fsp3) is 0.600. The summed E-state index contributed by atoms with van der Waals surface area (Å²) >= 11 is 1.60. The molecule has 0 spiro atoms. The first-order valence-electron chi connectivity index (χ1n) is 9.30. The lowest BCUT2D eigenvalue weighted by atomic mass is 10.2. The van der Waals surface area contributed by atoms with Crippen LogP contribution in [0.4, 0.5) is 4.39 Å². The minimum Gasteiger partial charge on any atom is -0.370 e. The molecular formula is C20H29FN2O3S. The number of amides is 2. The Morgan fingerprint density at radius 1 is 1.33 bits per heavy atom. The highest BCUT2D eigenvalue weighted by Gasteiger charge is 2.31. The lowest BCUT2D eigenvalue weighted by molar-refractivity contribution is -0.138. The van der Waals surface area contributed by atoms with Gasteiger partial charge in [-0.05, 0) is 18.2 Å². The summed E-state index contributed by atoms with van der Waals surface area (Å²) in [6.45, 7) is 5.68. The van der Waals surface area contributed by atoms with Crippen LogP contribution < -0.4 is 0 Å². The van der Waals surface area contributed by atoms with Crippen LogP contribution in [0.15, 0.2) is 24.3 Å². The van der Waals surface area contributed by atoms with Crippen LogP contribution in [0.25, 0.3) is 0 Å². The SMILES string of the molecule is CSCCC(=O)N1CC(=O)N(CC(C)C)C[C@H](OCc2ccccc2F)C1. The number of carbonyl (C=O) groups excluding carboxylic acids is 2. The van der Waals surface area contributed by atoms with Crippen molar-refractivity contribution >= 4 is 23.6 Å². The molecule has 27 heavy (non-hydrogen) atoms. The van der Waals surface area contributed by atoms with Gasteiger partial charge in [-0.2, -0.15) is 11.8 Å². The molecule has 5 nitrogen and oxygen atoms in total. The van der Waals surface area contributed by atoms with Crippen LogP contribution in [0.2, 0.25) is 0 Å². The van der Waals surface area contributed by atoms with E-state index in [2.05, 4.69) is 13.8 Å². The number of benzene rings is 1. The molecule has 1 aliphatic rings. The predicted molar refractivity (Wildman–Crippen MR) is 106 cm³/mol. The largest absolute Gasteiger partial charge is 0.370 e. The normalized spacial score (nSPS) is 18.1. The third-order valence-corrected chi connectivity index (χ3v) is 5.03. The van der Waals surface area contributed by atoms with E-state index in [0.717, 1.165) is 5.75 Å². The molecule has 2 rings (SSSR count). The summed E-state index contributed by atoms with van der Waals surface area (Å²) < 4.78 is 19.8. The van der Waals surface area contributed by atoms with Gasteiger partial charge in [0.05, 0.1) is 19.3 Å². The van der Waals surface area contributed by atoms with E-state index in [9.17, 15) is 14.0 Å². The van der Waals surface area contributed by atoms with E-state index in [-0.39, 0.29) is 36.9 Å². The van der Waals surface area contributed by atoms with Gasteiger partial charge in [-0.1, -0.05) is 32.0 Å². The van der Waals surface area contributed by atoms with Gasteiger partial charge in [0.1, 0.15) is 5.82 Å². The van der Waals surface area contributed by atoms with Crippen molar-refractivity contribution in [2.24, 2.45) is 5.92 Å². The Balaban J connectivity index is 2.09. The monoisotopic (exact) mass is 396 g/mol. The molecule has 0 bridgehead atoms. The lowest BCUT2D eigenvalue weighted by Gasteiger charge is -2.26. The van der Waals surface area contributed by atoms with Crippen LogP contribution >= 0.6 is 11.8 Å². The summed E-state index contributed by atoms with van der Waals surface area (Å²) in [4.78, 5) is 28.5. The molecule has 0 radical (unpaired) electrons. The van der Waals surface area contributed by atoms with Crippen LogP contribution in [-0.2, 0) is 20.9 Å². The molecule has 1 aromatic carbocycles. The fourth-order valence-corrected chi connectivity index (χ4v) is 3.44. The lowest BCUT2D eigenvalue weighted by Crippen LogP contribution is -2.40. The summed E-state index contributed by atoms with van der Waals surface area (Å²) in [6, 6.07) is 6.49. The van der Waals surface area contributed by atoms with Gasteiger partial charge in [-0.25, -0.2) is 4.39 Å². The Kier molecular flexibility index (Phi) is 8.57. The molecule has 1 aliphatic heterocycles. The van der Waals surface area contributed by atoms with Crippen LogP contribution in [0.5, 0.6) is 0 Å². The number of thioether (sulfide) groups is 1. The first-order valence-corrected chi connectivity index (χ1v) is 10.7. The van der Waals surface area contributed by atoms with Crippen molar-refractivity contribution in [2.45, 2.75) is 33.0 Å². The van der Waals surface area contributed by atoms with Crippen molar-refractivity contribution in [1.82, 2.24) is 9.80 Å². The zero-order valence-corrected chi connectivity index (χ0v) is 17.1. The first kappa shape index (κ1) is 21.7. The average molecular weight is 397 g/mol. The first-order chi connectivity index (χ1) is 12.9. The molecule has 2 amide bonds. The predicted octanol–water partition coefficient (Wildman–Crippen LogP) is 2.79. The molecule has 1 saturated heterocycles. The molecule has 0 unspecified atom stereocenters. The van der Waals surface area contributed by atoms with Gasteiger partial charge in [-0.3, -0.25) is 9.59 Å². The standard InChI is InChI=1S/C20H29FN2O3S/c1-15(2)10-22-11-17(26-14-16-6-4-5-7-18(16)21)12-23(13-20(22)25)19(24)8-9-27-3/h4-7,15,17H,8-14H2,1-3H3/t17-/m0/s1. The fourth-order valence-electron chi connectivity index (χ4n) is 3.06. The van der Waals surface area contributed by atoms with Crippen molar-refractivity contribution in [2.75, 3.05) is 38.2 Å². The molecule has 150 valence electrons. The Labute approximate surface area is 165 Å². The summed E-state index contributed by atoms with van der Waals surface area (Å²) in [5.41, 5.74) is 0.476. The van der Waals surface area contributed by atoms with Gasteiger partial charge >= 0.3 is 0 Å². The minimum atomic E-state index is -0.340. The number of rotatable bonds is 8. The van der Waals surface area contributed by atoms with E-state index in [1.54, 1.807) is 39.8 Å². The summed E-state index contributed by atoms with van der Waals surface area (Å²) in [5, 5.41) is 0. The molecule has 0 aliphatic carbocycles. The Bertz CT molecular complexity index is 641. The van der Waals surface area contributed by atoms with Gasteiger partial charge in [0.2, 0.25) is 11.8 Å². The second-order valence-corrected chi connectivity index (χ2v) is 8.22. The highest BCUT2D eigenvalue weighted by atomic mass is 32.2. The zero-order valence-electron chi connectivity index (χ0n) is 16.3. The van der Waals surface area contributed by atoms with E-state index in [1.807, 2.05) is 6.26 Å². The molecule has 1 heterocycles. The summed E-state index contributed by atoms with van der Waals surface area (Å²) in [7, 11) is 0. The Morgan fingerprint density at radius 3 is 2.74 bits per heavy atom. The molecule has 0 saturated carbocycles. The molecule has 0 N–H and O–H groups in total. The van der Waals surface area contributed by atoms with Crippen LogP contribution in [0.3, 0.4) is 0 Å². The zero-order chi connectivity index (χ0) is 19.8. The number of ether oxygens (including phenoxy) is 1. The number of hydrogen-bond acceptors (Lipinski definition) is 4. The topological polar surface area (TPSA) is 49.9 Å². The highest BCUT2D eigenvalue weighted by Crippen LogP contribution is 2.15. The quantitative estimate of drug-likeness (QED) is 0.678. The van der Waals surface area contributed by atoms with E-state index in [0.29, 0.717) is 37.5 Å². The van der Waals surface area contributed by atoms with E-state index >= 15 is 0 Å². The van der Waals surface area contributed by atoms with Gasteiger partial charge in [0.15, 0.2) is 0 Å². The number of hydrogen-bond donors (Lipinski definition) is 0. The van der Waals surface area contributed by atoms with E-state index in [1.165, 1.54) is 6.07 Å². The number of nitrogens with zero attached hydrogens (tertiary/aromatic N) is 2. The highest BCUT2D eigenvalue weighted by molar-refractivity contribution is 7.98. The summed E-state index contributed by atoms with van der Waals surface area (Å²) in [6.07, 6.45) is 2.01. The van der Waals surface area contributed by atoms with Crippen molar-refractivity contribution in [3.63, 3.8) is 0 Å². The van der Waals surface area contributed by atoms with Crippen LogP contribution in [-0.4, -0.2) is 65.9 Å². The minimum absolute atomic E-state index is 0.0383. The van der Waals surface area contributed by atoms with Crippen molar-refractivity contribution in [3.8, 4) is 0 Å². The van der Waals surface area contributed by atoms with Gasteiger partial charge < -0.3 is 14.5 Å². The Hall–Kier alpha value is -1.60. The average Bonchev–Trinajstić information content (AvgIpc) is 2.78. The van der Waals surface area contributed by atoms with Gasteiger partial charge in [0.25, 0.3) is 0 Å². The van der Waals surface area contributed by atoms with Gasteiger partial charge in [-0.15, -0.1) is 0 Å². The molecular weight excluding hydrogens is 367 g/mol. The molecule has 1 aromatic rings. The van der Waals surface area contributed by atoms with Crippen LogP contribution in [0.1, 0.15) is 25.8 Å². The second kappa shape index (κ2) is 10.7. The van der Waals surface area contributed by atoms with E-state index < -0.39 is 0 Å². The maximum atomic E-state index is 13.9. The number of halogens is 1. The van der Waals surface area contributed by atoms with Crippen molar-refractivity contribution in [3.05, 3.63) is 35.6 Å². The smallest absolute Gasteiger partial charge is 0.242 e. The van der Waals surface area contributed by atoms with Crippen LogP contribution in [0, 0.1) is 11.7 Å². The third kappa shape index (κ3) is 6.81. The molecule has 0 aromatic heterocycles. The summed E-state index contributed by atoms with van der Waals surface area (Å²) in [5.74, 6) is 0.635. The maximum absolute atomic E-state index is 13.9. The molecule has 1 fully saturated rings. The number of carbonyl (C=O) groups is 2. The molecule has 7 heteroatoms. The van der Waals surface area contributed by atoms with E-state index in [4.69, 9.17) is 4.74 Å².